The molecule has 0 saturated carbocycles. The van der Waals surface area contributed by atoms with Gasteiger partial charge in [0, 0.05) is 43.6 Å². The van der Waals surface area contributed by atoms with E-state index in [0.29, 0.717) is 0 Å². The van der Waals surface area contributed by atoms with Gasteiger partial charge in [-0.25, -0.2) is 0 Å². The van der Waals surface area contributed by atoms with Gasteiger partial charge in [0.2, 0.25) is 0 Å². The quantitative estimate of drug-likeness (QED) is 0.386. The largest absolute Gasteiger partial charge is 0.497 e. The SMILES string of the molecule is CCCN1CCCc2cc(CN(CCCN(CC)CC)C(=S)Nc3cccc(OC)c3)ccc21. The predicted molar refractivity (Wildman–Crippen MR) is 149 cm³/mol. The van der Waals surface area contributed by atoms with Crippen molar-refractivity contribution in [2.45, 2.75) is 53.0 Å². The number of ether oxygens (including phenoxy) is 1. The second kappa shape index (κ2) is 13.5. The summed E-state index contributed by atoms with van der Waals surface area (Å²) in [5.41, 5.74) is 5.18. The first-order valence-corrected chi connectivity index (χ1v) is 13.3. The van der Waals surface area contributed by atoms with Gasteiger partial charge in [0.1, 0.15) is 5.75 Å². The molecule has 0 fully saturated rings. The van der Waals surface area contributed by atoms with Crippen LogP contribution in [0.5, 0.6) is 5.75 Å². The first-order valence-electron chi connectivity index (χ1n) is 12.9. The summed E-state index contributed by atoms with van der Waals surface area (Å²) in [6, 6.07) is 15.0. The Morgan fingerprint density at radius 2 is 1.91 bits per heavy atom. The van der Waals surface area contributed by atoms with Gasteiger partial charge in [-0.3, -0.25) is 0 Å². The molecule has 5 nitrogen and oxygen atoms in total. The maximum Gasteiger partial charge on any atom is 0.173 e. The molecule has 2 aromatic rings. The van der Waals surface area contributed by atoms with Gasteiger partial charge < -0.3 is 24.8 Å². The first kappa shape index (κ1) is 26.3. The van der Waals surface area contributed by atoms with Crippen molar-refractivity contribution < 1.29 is 4.74 Å². The Balaban J connectivity index is 1.74. The minimum atomic E-state index is 0.762. The van der Waals surface area contributed by atoms with Crippen LogP contribution in [-0.2, 0) is 13.0 Å². The van der Waals surface area contributed by atoms with Gasteiger partial charge in [-0.1, -0.05) is 39.0 Å². The third kappa shape index (κ3) is 7.34. The summed E-state index contributed by atoms with van der Waals surface area (Å²) >= 11 is 5.90. The highest BCUT2D eigenvalue weighted by Gasteiger charge is 2.18. The van der Waals surface area contributed by atoms with Crippen LogP contribution in [0.2, 0.25) is 0 Å². The molecular formula is C28H42N4OS. The molecule has 34 heavy (non-hydrogen) atoms. The van der Waals surface area contributed by atoms with Gasteiger partial charge in [0.05, 0.1) is 7.11 Å². The second-order valence-corrected chi connectivity index (χ2v) is 9.40. The Labute approximate surface area is 212 Å². The third-order valence-electron chi connectivity index (χ3n) is 6.63. The van der Waals surface area contributed by atoms with E-state index in [0.717, 1.165) is 68.7 Å². The van der Waals surface area contributed by atoms with E-state index in [1.807, 2.05) is 24.3 Å². The lowest BCUT2D eigenvalue weighted by Crippen LogP contribution is -2.37. The molecule has 186 valence electrons. The van der Waals surface area contributed by atoms with Crippen molar-refractivity contribution in [1.82, 2.24) is 9.80 Å². The Morgan fingerprint density at radius 1 is 1.09 bits per heavy atom. The highest BCUT2D eigenvalue weighted by molar-refractivity contribution is 7.80. The number of thiocarbonyl (C=S) groups is 1. The second-order valence-electron chi connectivity index (χ2n) is 9.02. The van der Waals surface area contributed by atoms with E-state index in [1.165, 1.54) is 36.2 Å². The molecular weight excluding hydrogens is 440 g/mol. The van der Waals surface area contributed by atoms with Crippen molar-refractivity contribution in [3.05, 3.63) is 53.6 Å². The fraction of sp³-hybridized carbons (Fsp3) is 0.536. The van der Waals surface area contributed by atoms with Gasteiger partial charge in [0.25, 0.3) is 0 Å². The van der Waals surface area contributed by atoms with Crippen LogP contribution in [0.3, 0.4) is 0 Å². The number of hydrogen-bond acceptors (Lipinski definition) is 4. The lowest BCUT2D eigenvalue weighted by atomic mass is 9.99. The van der Waals surface area contributed by atoms with Gasteiger partial charge in [-0.05, 0) is 86.9 Å². The Hall–Kier alpha value is -2.31. The standard InChI is InChI=1S/C28H42N4OS/c1-5-16-31-18-9-11-24-20-23(14-15-27(24)31)22-32(19-10-17-30(6-2)7-3)28(34)29-25-12-8-13-26(21-25)33-4/h8,12-15,20-21H,5-7,9-11,16-19,22H2,1-4H3,(H,29,34). The van der Waals surface area contributed by atoms with Gasteiger partial charge in [-0.2, -0.15) is 0 Å². The number of nitrogens with one attached hydrogen (secondary N) is 1. The maximum atomic E-state index is 5.90. The molecule has 0 saturated heterocycles. The fourth-order valence-corrected chi connectivity index (χ4v) is 5.00. The molecule has 6 heteroatoms. The minimum Gasteiger partial charge on any atom is -0.497 e. The van der Waals surface area contributed by atoms with E-state index in [9.17, 15) is 0 Å². The molecule has 0 spiro atoms. The average Bonchev–Trinajstić information content (AvgIpc) is 2.86. The van der Waals surface area contributed by atoms with E-state index in [2.05, 4.69) is 59.0 Å². The average molecular weight is 483 g/mol. The van der Waals surface area contributed by atoms with Crippen LogP contribution in [0, 0.1) is 0 Å². The van der Waals surface area contributed by atoms with Crippen LogP contribution in [0.1, 0.15) is 51.2 Å². The van der Waals surface area contributed by atoms with Crippen molar-refractivity contribution in [3.63, 3.8) is 0 Å². The normalized spacial score (nSPS) is 13.0. The number of fused-ring (bicyclic) bond motifs is 1. The van der Waals surface area contributed by atoms with Crippen molar-refractivity contribution in [1.29, 1.82) is 0 Å². The van der Waals surface area contributed by atoms with Crippen LogP contribution in [0.15, 0.2) is 42.5 Å². The minimum absolute atomic E-state index is 0.762. The molecule has 1 aliphatic rings. The number of nitrogens with zero attached hydrogens (tertiary/aromatic N) is 3. The molecule has 0 aromatic heterocycles. The summed E-state index contributed by atoms with van der Waals surface area (Å²) in [7, 11) is 1.69. The van der Waals surface area contributed by atoms with E-state index < -0.39 is 0 Å². The zero-order valence-electron chi connectivity index (χ0n) is 21.5. The molecule has 1 aliphatic heterocycles. The number of rotatable bonds is 12. The Morgan fingerprint density at radius 3 is 2.65 bits per heavy atom. The summed E-state index contributed by atoms with van der Waals surface area (Å²) in [6.45, 7) is 14.0. The number of methoxy groups -OCH3 is 1. The first-order chi connectivity index (χ1) is 16.6. The van der Waals surface area contributed by atoms with Crippen LogP contribution >= 0.6 is 12.2 Å². The lowest BCUT2D eigenvalue weighted by molar-refractivity contribution is 0.281. The van der Waals surface area contributed by atoms with Crippen LogP contribution < -0.4 is 15.0 Å². The molecule has 0 unspecified atom stereocenters. The van der Waals surface area contributed by atoms with Crippen molar-refractivity contribution in [2.24, 2.45) is 0 Å². The molecule has 2 aromatic carbocycles. The van der Waals surface area contributed by atoms with Gasteiger partial charge in [0.15, 0.2) is 5.11 Å². The Kier molecular flexibility index (Phi) is 10.5. The topological polar surface area (TPSA) is 31.0 Å². The van der Waals surface area contributed by atoms with Crippen LogP contribution in [-0.4, -0.2) is 61.3 Å². The Bertz CT molecular complexity index is 915. The molecule has 0 amide bonds. The summed E-state index contributed by atoms with van der Waals surface area (Å²) < 4.78 is 5.38. The van der Waals surface area contributed by atoms with E-state index in [-0.39, 0.29) is 0 Å². The molecule has 0 bridgehead atoms. The lowest BCUT2D eigenvalue weighted by Gasteiger charge is -2.32. The summed E-state index contributed by atoms with van der Waals surface area (Å²) in [5.74, 6) is 0.826. The van der Waals surface area contributed by atoms with Crippen molar-refractivity contribution in [2.75, 3.05) is 56.6 Å². The van der Waals surface area contributed by atoms with Crippen molar-refractivity contribution in [3.8, 4) is 5.75 Å². The number of benzene rings is 2. The van der Waals surface area contributed by atoms with Gasteiger partial charge >= 0.3 is 0 Å². The summed E-state index contributed by atoms with van der Waals surface area (Å²) in [6.07, 6.45) is 4.67. The smallest absolute Gasteiger partial charge is 0.173 e. The van der Waals surface area contributed by atoms with E-state index >= 15 is 0 Å². The molecule has 1 N–H and O–H groups in total. The molecule has 0 radical (unpaired) electrons. The van der Waals surface area contributed by atoms with Crippen LogP contribution in [0.4, 0.5) is 11.4 Å². The highest BCUT2D eigenvalue weighted by atomic mass is 32.1. The van der Waals surface area contributed by atoms with Gasteiger partial charge in [-0.15, -0.1) is 0 Å². The zero-order chi connectivity index (χ0) is 24.3. The number of hydrogen-bond donors (Lipinski definition) is 1. The fourth-order valence-electron chi connectivity index (χ4n) is 4.73. The number of aryl methyl sites for hydroxylation is 1. The third-order valence-corrected chi connectivity index (χ3v) is 6.99. The molecule has 0 atom stereocenters. The predicted octanol–water partition coefficient (Wildman–Crippen LogP) is 5.79. The molecule has 0 aliphatic carbocycles. The van der Waals surface area contributed by atoms with E-state index in [4.69, 9.17) is 17.0 Å². The monoisotopic (exact) mass is 482 g/mol. The zero-order valence-corrected chi connectivity index (χ0v) is 22.3. The maximum absolute atomic E-state index is 5.90. The van der Waals surface area contributed by atoms with Crippen molar-refractivity contribution >= 4 is 28.7 Å². The summed E-state index contributed by atoms with van der Waals surface area (Å²) in [5, 5.41) is 4.21. The van der Waals surface area contributed by atoms with Crippen LogP contribution in [0.25, 0.3) is 0 Å². The van der Waals surface area contributed by atoms with E-state index in [1.54, 1.807) is 7.11 Å². The number of anilines is 2. The molecule has 3 rings (SSSR count). The molecule has 1 heterocycles. The highest BCUT2D eigenvalue weighted by Crippen LogP contribution is 2.29. The summed E-state index contributed by atoms with van der Waals surface area (Å²) in [4.78, 5) is 7.32.